The van der Waals surface area contributed by atoms with E-state index in [1.807, 2.05) is 48.5 Å². The number of hydrogen-bond acceptors (Lipinski definition) is 4. The lowest BCUT2D eigenvalue weighted by Gasteiger charge is -2.20. The number of allylic oxidation sites excluding steroid dienone is 4. The molecule has 0 N–H and O–H groups in total. The molecule has 1 aliphatic carbocycles. The van der Waals surface area contributed by atoms with E-state index in [1.165, 1.54) is 0 Å². The van der Waals surface area contributed by atoms with Crippen molar-refractivity contribution in [3.63, 3.8) is 0 Å². The first-order valence-electron chi connectivity index (χ1n) is 9.05. The molecule has 4 rings (SSSR count). The van der Waals surface area contributed by atoms with E-state index in [2.05, 4.69) is 15.5 Å². The Morgan fingerprint density at radius 1 is 1.07 bits per heavy atom. The van der Waals surface area contributed by atoms with Crippen LogP contribution in [0.1, 0.15) is 29.4 Å². The van der Waals surface area contributed by atoms with Gasteiger partial charge in [0, 0.05) is 17.0 Å². The smallest absolute Gasteiger partial charge is 0.156 e. The zero-order valence-electron chi connectivity index (χ0n) is 15.3. The molecule has 1 unspecified atom stereocenters. The minimum atomic E-state index is -0.230. The standard InChI is InChI=1S/C21H17Cl3N4O/c22-16-9-10-19(29-13-14-5-2-1-3-6-14)15(11-16)12-20-25-26-27-28(20)18-8-4-7-17(23)21(18)24/h1-7,9-11,18H,8,12-13H2. The van der Waals surface area contributed by atoms with Crippen molar-refractivity contribution in [1.82, 2.24) is 20.2 Å². The highest BCUT2D eigenvalue weighted by atomic mass is 35.5. The van der Waals surface area contributed by atoms with Crippen LogP contribution in [0.4, 0.5) is 0 Å². The summed E-state index contributed by atoms with van der Waals surface area (Å²) >= 11 is 18.8. The molecule has 1 atom stereocenters. The number of hydrogen-bond donors (Lipinski definition) is 0. The normalized spacial score (nSPS) is 16.3. The molecule has 29 heavy (non-hydrogen) atoms. The van der Waals surface area contributed by atoms with Crippen molar-refractivity contribution in [2.24, 2.45) is 0 Å². The van der Waals surface area contributed by atoms with Gasteiger partial charge in [-0.2, -0.15) is 0 Å². The van der Waals surface area contributed by atoms with Crippen LogP contribution in [-0.4, -0.2) is 20.2 Å². The fraction of sp³-hybridized carbons (Fsp3) is 0.190. The summed E-state index contributed by atoms with van der Waals surface area (Å²) in [4.78, 5) is 0. The highest BCUT2D eigenvalue weighted by Crippen LogP contribution is 2.35. The maximum atomic E-state index is 6.41. The van der Waals surface area contributed by atoms with E-state index in [4.69, 9.17) is 39.5 Å². The third-order valence-corrected chi connectivity index (χ3v) is 5.73. The van der Waals surface area contributed by atoms with Crippen LogP contribution in [0.3, 0.4) is 0 Å². The van der Waals surface area contributed by atoms with Crippen LogP contribution in [0.25, 0.3) is 0 Å². The van der Waals surface area contributed by atoms with Gasteiger partial charge in [-0.05, 0) is 46.7 Å². The number of tetrazole rings is 1. The second-order valence-electron chi connectivity index (χ2n) is 6.59. The molecule has 0 amide bonds. The lowest BCUT2D eigenvalue weighted by atomic mass is 10.1. The van der Waals surface area contributed by atoms with Gasteiger partial charge in [-0.25, -0.2) is 4.68 Å². The number of ether oxygens (including phenoxy) is 1. The summed E-state index contributed by atoms with van der Waals surface area (Å²) in [6.07, 6.45) is 4.86. The molecule has 1 aromatic heterocycles. The van der Waals surface area contributed by atoms with Crippen molar-refractivity contribution < 1.29 is 4.74 Å². The minimum absolute atomic E-state index is 0.230. The second kappa shape index (κ2) is 8.99. The van der Waals surface area contributed by atoms with E-state index in [1.54, 1.807) is 16.8 Å². The van der Waals surface area contributed by atoms with Crippen molar-refractivity contribution in [1.29, 1.82) is 0 Å². The summed E-state index contributed by atoms with van der Waals surface area (Å²) in [6, 6.07) is 15.3. The van der Waals surface area contributed by atoms with E-state index in [-0.39, 0.29) is 6.04 Å². The number of nitrogens with zero attached hydrogens (tertiary/aromatic N) is 4. The van der Waals surface area contributed by atoms with Crippen molar-refractivity contribution in [3.8, 4) is 5.75 Å². The van der Waals surface area contributed by atoms with Crippen LogP contribution >= 0.6 is 34.8 Å². The first-order valence-corrected chi connectivity index (χ1v) is 10.2. The average Bonchev–Trinajstić information content (AvgIpc) is 3.18. The van der Waals surface area contributed by atoms with Gasteiger partial charge >= 0.3 is 0 Å². The van der Waals surface area contributed by atoms with Gasteiger partial charge < -0.3 is 4.74 Å². The monoisotopic (exact) mass is 446 g/mol. The molecule has 2 aromatic carbocycles. The fourth-order valence-electron chi connectivity index (χ4n) is 3.15. The predicted molar refractivity (Wildman–Crippen MR) is 114 cm³/mol. The van der Waals surface area contributed by atoms with Crippen molar-refractivity contribution >= 4 is 34.8 Å². The largest absolute Gasteiger partial charge is 0.489 e. The Labute approximate surface area is 183 Å². The van der Waals surface area contributed by atoms with E-state index >= 15 is 0 Å². The Morgan fingerprint density at radius 3 is 2.72 bits per heavy atom. The van der Waals surface area contributed by atoms with E-state index in [9.17, 15) is 0 Å². The lowest BCUT2D eigenvalue weighted by Crippen LogP contribution is -2.16. The summed E-state index contributed by atoms with van der Waals surface area (Å²) in [7, 11) is 0. The first kappa shape index (κ1) is 20.0. The third kappa shape index (κ3) is 4.64. The number of rotatable bonds is 6. The minimum Gasteiger partial charge on any atom is -0.489 e. The molecule has 1 aliphatic rings. The van der Waals surface area contributed by atoms with Gasteiger partial charge in [-0.3, -0.25) is 0 Å². The molecule has 0 aliphatic heterocycles. The Hall–Kier alpha value is -2.34. The summed E-state index contributed by atoms with van der Waals surface area (Å²) in [5.41, 5.74) is 1.97. The van der Waals surface area contributed by atoms with Crippen LogP contribution < -0.4 is 4.74 Å². The van der Waals surface area contributed by atoms with E-state index < -0.39 is 0 Å². The van der Waals surface area contributed by atoms with Gasteiger partial charge in [-0.15, -0.1) is 5.10 Å². The van der Waals surface area contributed by atoms with Gasteiger partial charge in [0.2, 0.25) is 0 Å². The van der Waals surface area contributed by atoms with Crippen LogP contribution in [-0.2, 0) is 13.0 Å². The Kier molecular flexibility index (Phi) is 6.19. The molecule has 0 bridgehead atoms. The first-order chi connectivity index (χ1) is 14.1. The van der Waals surface area contributed by atoms with Crippen LogP contribution in [0.15, 0.2) is 70.7 Å². The summed E-state index contributed by atoms with van der Waals surface area (Å²) in [5, 5.41) is 13.8. The Balaban J connectivity index is 1.58. The van der Waals surface area contributed by atoms with Gasteiger partial charge in [0.05, 0.1) is 16.1 Å². The maximum absolute atomic E-state index is 6.41. The van der Waals surface area contributed by atoms with Gasteiger partial charge in [0.1, 0.15) is 12.4 Å². The van der Waals surface area contributed by atoms with Gasteiger partial charge in [0.25, 0.3) is 0 Å². The zero-order valence-corrected chi connectivity index (χ0v) is 17.6. The molecular formula is C21H17Cl3N4O. The van der Waals surface area contributed by atoms with Crippen LogP contribution in [0.5, 0.6) is 5.75 Å². The Bertz CT molecular complexity index is 1060. The highest BCUT2D eigenvalue weighted by Gasteiger charge is 2.24. The summed E-state index contributed by atoms with van der Waals surface area (Å²) in [6.45, 7) is 0.456. The molecule has 0 radical (unpaired) electrons. The zero-order chi connectivity index (χ0) is 20.2. The molecule has 0 fully saturated rings. The molecular weight excluding hydrogens is 431 g/mol. The van der Waals surface area contributed by atoms with E-state index in [0.717, 1.165) is 16.9 Å². The van der Waals surface area contributed by atoms with Crippen molar-refractivity contribution in [2.45, 2.75) is 25.5 Å². The van der Waals surface area contributed by atoms with Gasteiger partial charge in [0.15, 0.2) is 5.82 Å². The molecule has 8 heteroatoms. The highest BCUT2D eigenvalue weighted by molar-refractivity contribution is 6.40. The van der Waals surface area contributed by atoms with Gasteiger partial charge in [-0.1, -0.05) is 71.2 Å². The predicted octanol–water partition coefficient (Wildman–Crippen LogP) is 5.69. The van der Waals surface area contributed by atoms with Crippen LogP contribution in [0, 0.1) is 0 Å². The topological polar surface area (TPSA) is 52.8 Å². The maximum Gasteiger partial charge on any atom is 0.156 e. The molecule has 0 saturated carbocycles. The molecule has 0 saturated heterocycles. The number of halogens is 3. The van der Waals surface area contributed by atoms with Crippen molar-refractivity contribution in [2.75, 3.05) is 0 Å². The molecule has 1 heterocycles. The quantitative estimate of drug-likeness (QED) is 0.487. The molecule has 5 nitrogen and oxygen atoms in total. The molecule has 3 aromatic rings. The summed E-state index contributed by atoms with van der Waals surface area (Å²) < 4.78 is 7.75. The molecule has 0 spiro atoms. The number of benzene rings is 2. The Morgan fingerprint density at radius 2 is 1.90 bits per heavy atom. The van der Waals surface area contributed by atoms with E-state index in [0.29, 0.717) is 40.4 Å². The van der Waals surface area contributed by atoms with Crippen LogP contribution in [0.2, 0.25) is 5.02 Å². The SMILES string of the molecule is ClC1=C(Cl)C(n2nnnc2Cc2cc(Cl)ccc2OCc2ccccc2)CC=C1. The molecule has 148 valence electrons. The average molecular weight is 448 g/mol. The second-order valence-corrected chi connectivity index (χ2v) is 7.84. The van der Waals surface area contributed by atoms with Crippen molar-refractivity contribution in [3.05, 3.63) is 92.7 Å². The third-order valence-electron chi connectivity index (χ3n) is 4.61. The summed E-state index contributed by atoms with van der Waals surface area (Å²) in [5.74, 6) is 1.38. The number of aromatic nitrogens is 4. The lowest BCUT2D eigenvalue weighted by molar-refractivity contribution is 0.303. The fourth-order valence-corrected chi connectivity index (χ4v) is 3.81.